The van der Waals surface area contributed by atoms with Gasteiger partial charge in [0.05, 0.1) is 19.8 Å². The maximum absolute atomic E-state index is 13.4. The van der Waals surface area contributed by atoms with Gasteiger partial charge in [-0.15, -0.1) is 0 Å². The van der Waals surface area contributed by atoms with Gasteiger partial charge in [0.25, 0.3) is 0 Å². The standard InChI is InChI=1S/C38H66N2O5/c1-12-27(6)29(21-28-14-15-33(44-11)34(22-28)45-19-13-18-43-10)24-38(9,39)35(41)23-30(26(4)5)36(42)40-17-16-31-32(20-25(2)3)37(31,7)8/h14-15,20,22,26-27,29-32,35,41H,12-13,16-19,21,23-24,39H2,1-11H3,(H,40,42)/t27?,29-,30-,31+,32-,35-,38+/m0/s1. The van der Waals surface area contributed by atoms with Crippen molar-refractivity contribution in [3.63, 3.8) is 0 Å². The minimum atomic E-state index is -0.844. The molecule has 2 rings (SSSR count). The molecule has 1 aliphatic rings. The van der Waals surface area contributed by atoms with Crippen LogP contribution in [0.5, 0.6) is 11.5 Å². The number of hydrogen-bond donors (Lipinski definition) is 3. The Morgan fingerprint density at radius 2 is 1.84 bits per heavy atom. The summed E-state index contributed by atoms with van der Waals surface area (Å²) < 4.78 is 16.7. The SMILES string of the molecule is CCC(C)[C@@H](Cc1ccc(OC)c(OCCCOC)c1)C[C@@](C)(N)[C@@H](O)C[C@H](C(=O)NCC[C@@H]1[C@H](C=C(C)C)C1(C)C)C(C)C. The lowest BCUT2D eigenvalue weighted by Gasteiger charge is -2.38. The van der Waals surface area contributed by atoms with Crippen molar-refractivity contribution in [1.82, 2.24) is 5.32 Å². The second kappa shape index (κ2) is 17.7. The Bertz CT molecular complexity index is 1080. The van der Waals surface area contributed by atoms with E-state index in [9.17, 15) is 9.90 Å². The van der Waals surface area contributed by atoms with E-state index in [0.717, 1.165) is 37.0 Å². The fourth-order valence-corrected chi connectivity index (χ4v) is 6.86. The fraction of sp³-hybridized carbons (Fsp3) is 0.763. The van der Waals surface area contributed by atoms with Crippen molar-refractivity contribution in [2.45, 2.75) is 112 Å². The van der Waals surface area contributed by atoms with E-state index in [1.165, 1.54) is 5.57 Å². The van der Waals surface area contributed by atoms with Gasteiger partial charge in [0, 0.05) is 38.1 Å². The van der Waals surface area contributed by atoms with Crippen molar-refractivity contribution in [3.05, 3.63) is 35.4 Å². The molecule has 0 heterocycles. The van der Waals surface area contributed by atoms with Gasteiger partial charge in [-0.3, -0.25) is 4.79 Å². The van der Waals surface area contributed by atoms with Gasteiger partial charge in [0.15, 0.2) is 11.5 Å². The molecule has 0 radical (unpaired) electrons. The highest BCUT2D eigenvalue weighted by atomic mass is 16.5. The summed E-state index contributed by atoms with van der Waals surface area (Å²) in [5, 5.41) is 14.7. The number of aliphatic hydroxyl groups excluding tert-OH is 1. The zero-order valence-electron chi connectivity index (χ0n) is 30.4. The van der Waals surface area contributed by atoms with Crippen LogP contribution in [-0.2, 0) is 16.0 Å². The van der Waals surface area contributed by atoms with Crippen molar-refractivity contribution in [1.29, 1.82) is 0 Å². The summed E-state index contributed by atoms with van der Waals surface area (Å²) in [5.41, 5.74) is 8.86. The smallest absolute Gasteiger partial charge is 0.223 e. The zero-order chi connectivity index (χ0) is 33.9. The Morgan fingerprint density at radius 1 is 1.16 bits per heavy atom. The molecule has 1 amide bonds. The van der Waals surface area contributed by atoms with Gasteiger partial charge in [-0.1, -0.05) is 65.7 Å². The second-order valence-electron chi connectivity index (χ2n) is 15.1. The minimum absolute atomic E-state index is 0.0202. The molecule has 0 bridgehead atoms. The molecule has 1 saturated carbocycles. The molecular weight excluding hydrogens is 564 g/mol. The van der Waals surface area contributed by atoms with Crippen LogP contribution in [0.15, 0.2) is 29.8 Å². The topological polar surface area (TPSA) is 103 Å². The van der Waals surface area contributed by atoms with Crippen molar-refractivity contribution < 1.29 is 24.1 Å². The summed E-state index contributed by atoms with van der Waals surface area (Å²) in [6, 6.07) is 6.11. The Balaban J connectivity index is 2.06. The number of carbonyl (C=O) groups is 1. The third kappa shape index (κ3) is 11.6. The Morgan fingerprint density at radius 3 is 2.42 bits per heavy atom. The number of carbonyl (C=O) groups excluding carboxylic acids is 1. The predicted octanol–water partition coefficient (Wildman–Crippen LogP) is 7.19. The predicted molar refractivity (Wildman–Crippen MR) is 186 cm³/mol. The first-order valence-corrected chi connectivity index (χ1v) is 17.3. The van der Waals surface area contributed by atoms with Gasteiger partial charge < -0.3 is 30.4 Å². The fourth-order valence-electron chi connectivity index (χ4n) is 6.86. The molecule has 1 fully saturated rings. The van der Waals surface area contributed by atoms with Gasteiger partial charge >= 0.3 is 0 Å². The lowest BCUT2D eigenvalue weighted by atomic mass is 9.74. The first-order valence-electron chi connectivity index (χ1n) is 17.3. The number of rotatable bonds is 21. The molecular formula is C38H66N2O5. The van der Waals surface area contributed by atoms with E-state index < -0.39 is 11.6 Å². The van der Waals surface area contributed by atoms with Crippen LogP contribution < -0.4 is 20.5 Å². The quantitative estimate of drug-likeness (QED) is 0.0982. The van der Waals surface area contributed by atoms with E-state index in [0.29, 0.717) is 56.1 Å². The van der Waals surface area contributed by atoms with Gasteiger partial charge in [0.1, 0.15) is 0 Å². The lowest BCUT2D eigenvalue weighted by Crippen LogP contribution is -2.52. The molecule has 0 spiro atoms. The van der Waals surface area contributed by atoms with E-state index in [1.807, 2.05) is 13.0 Å². The van der Waals surface area contributed by atoms with Crippen molar-refractivity contribution in [2.24, 2.45) is 46.7 Å². The van der Waals surface area contributed by atoms with Gasteiger partial charge in [-0.05, 0) is 99.2 Å². The van der Waals surface area contributed by atoms with Gasteiger partial charge in [0.2, 0.25) is 5.91 Å². The van der Waals surface area contributed by atoms with Crippen LogP contribution in [0.4, 0.5) is 0 Å². The summed E-state index contributed by atoms with van der Waals surface area (Å²) in [6.07, 6.45) is 6.16. The summed E-state index contributed by atoms with van der Waals surface area (Å²) in [7, 11) is 3.34. The monoisotopic (exact) mass is 630 g/mol. The van der Waals surface area contributed by atoms with Crippen LogP contribution in [0.2, 0.25) is 0 Å². The van der Waals surface area contributed by atoms with Crippen LogP contribution in [0.1, 0.15) is 100.0 Å². The second-order valence-corrected chi connectivity index (χ2v) is 15.1. The molecule has 7 heteroatoms. The van der Waals surface area contributed by atoms with Crippen molar-refractivity contribution >= 4 is 5.91 Å². The number of aliphatic hydroxyl groups is 1. The number of allylic oxidation sites excluding steroid dienone is 2. The van der Waals surface area contributed by atoms with E-state index >= 15 is 0 Å². The molecule has 258 valence electrons. The molecule has 1 unspecified atom stereocenters. The number of benzene rings is 1. The summed E-state index contributed by atoms with van der Waals surface area (Å²) in [6.45, 7) is 21.3. The van der Waals surface area contributed by atoms with E-state index in [4.69, 9.17) is 19.9 Å². The van der Waals surface area contributed by atoms with Crippen molar-refractivity contribution in [3.8, 4) is 11.5 Å². The first kappa shape index (κ1) is 39.1. The molecule has 1 aromatic rings. The summed E-state index contributed by atoms with van der Waals surface area (Å²) >= 11 is 0. The molecule has 7 atom stereocenters. The molecule has 1 aromatic carbocycles. The highest BCUT2D eigenvalue weighted by Crippen LogP contribution is 2.60. The average molecular weight is 631 g/mol. The molecule has 1 aliphatic carbocycles. The number of amides is 1. The van der Waals surface area contributed by atoms with Gasteiger partial charge in [-0.2, -0.15) is 0 Å². The van der Waals surface area contributed by atoms with Crippen LogP contribution in [0.3, 0.4) is 0 Å². The van der Waals surface area contributed by atoms with Crippen LogP contribution in [-0.4, -0.2) is 56.6 Å². The van der Waals surface area contributed by atoms with Crippen molar-refractivity contribution in [2.75, 3.05) is 34.0 Å². The summed E-state index contributed by atoms with van der Waals surface area (Å²) in [5.74, 6) is 3.07. The summed E-state index contributed by atoms with van der Waals surface area (Å²) in [4.78, 5) is 13.4. The van der Waals surface area contributed by atoms with Crippen LogP contribution >= 0.6 is 0 Å². The van der Waals surface area contributed by atoms with Crippen LogP contribution in [0.25, 0.3) is 0 Å². The number of nitrogens with two attached hydrogens (primary N) is 1. The number of ether oxygens (including phenoxy) is 3. The Hall–Kier alpha value is -2.09. The molecule has 0 aliphatic heterocycles. The largest absolute Gasteiger partial charge is 0.493 e. The normalized spacial score (nSPS) is 21.3. The van der Waals surface area contributed by atoms with E-state index in [1.54, 1.807) is 14.2 Å². The third-order valence-electron chi connectivity index (χ3n) is 10.4. The lowest BCUT2D eigenvalue weighted by molar-refractivity contribution is -0.128. The van der Waals surface area contributed by atoms with Crippen LogP contribution in [0, 0.1) is 40.9 Å². The maximum atomic E-state index is 13.4. The highest BCUT2D eigenvalue weighted by molar-refractivity contribution is 5.78. The molecule has 0 aromatic heterocycles. The average Bonchev–Trinajstić information content (AvgIpc) is 3.48. The minimum Gasteiger partial charge on any atom is -0.493 e. The first-order chi connectivity index (χ1) is 21.1. The highest BCUT2D eigenvalue weighted by Gasteiger charge is 2.55. The zero-order valence-corrected chi connectivity index (χ0v) is 30.4. The Kier molecular flexibility index (Phi) is 15.4. The van der Waals surface area contributed by atoms with Gasteiger partial charge in [-0.25, -0.2) is 0 Å². The maximum Gasteiger partial charge on any atom is 0.223 e. The molecule has 7 nitrogen and oxygen atoms in total. The molecule has 0 saturated heterocycles. The van der Waals surface area contributed by atoms with E-state index in [2.05, 4.69) is 78.9 Å². The number of nitrogens with one attached hydrogen (secondary N) is 1. The number of methoxy groups -OCH3 is 2. The number of hydrogen-bond acceptors (Lipinski definition) is 6. The van der Waals surface area contributed by atoms with E-state index in [-0.39, 0.29) is 29.1 Å². The molecule has 45 heavy (non-hydrogen) atoms. The third-order valence-corrected chi connectivity index (χ3v) is 10.4. The molecule has 4 N–H and O–H groups in total. The Labute approximate surface area is 275 Å².